The summed E-state index contributed by atoms with van der Waals surface area (Å²) in [6.07, 6.45) is 5.08. The number of nitrogens with one attached hydrogen (secondary N) is 2. The van der Waals surface area contributed by atoms with E-state index in [0.717, 1.165) is 27.2 Å². The highest BCUT2D eigenvalue weighted by molar-refractivity contribution is 5.25. The molecule has 3 rings (SSSR count). The van der Waals surface area contributed by atoms with Crippen molar-refractivity contribution in [2.45, 2.75) is 39.7 Å². The van der Waals surface area contributed by atoms with Gasteiger partial charge in [0.15, 0.2) is 3.57 Å². The number of rotatable bonds is 9. The fourth-order valence-electron chi connectivity index (χ4n) is 3.02. The average molecular weight is 505 g/mol. The lowest BCUT2D eigenvalue weighted by Gasteiger charge is -2.12. The molecule has 29 heavy (non-hydrogen) atoms. The number of aromatic amines is 2. The lowest BCUT2D eigenvalue weighted by molar-refractivity contribution is -0.599. The van der Waals surface area contributed by atoms with Crippen molar-refractivity contribution in [1.82, 2.24) is 9.97 Å². The quantitative estimate of drug-likeness (QED) is 0.422. The summed E-state index contributed by atoms with van der Waals surface area (Å²) < 4.78 is 7.61. The van der Waals surface area contributed by atoms with Gasteiger partial charge in [-0.2, -0.15) is 0 Å². The highest BCUT2D eigenvalue weighted by Crippen LogP contribution is 2.17. The van der Waals surface area contributed by atoms with Gasteiger partial charge < -0.3 is 9.72 Å². The summed E-state index contributed by atoms with van der Waals surface area (Å²) in [6, 6.07) is 16.5. The van der Waals surface area contributed by atoms with Crippen molar-refractivity contribution < 1.29 is 25.9 Å². The van der Waals surface area contributed by atoms with Crippen LogP contribution in [-0.4, -0.2) is 9.97 Å². The van der Waals surface area contributed by atoms with E-state index >= 15 is 0 Å². The van der Waals surface area contributed by atoms with Crippen LogP contribution in [-0.2, 0) is 13.0 Å². The monoisotopic (exact) mass is 505 g/mol. The minimum Gasteiger partial charge on any atom is -0.489 e. The van der Waals surface area contributed by atoms with E-state index in [1.54, 1.807) is 0 Å². The second kappa shape index (κ2) is 10.4. The van der Waals surface area contributed by atoms with Crippen LogP contribution in [0.1, 0.15) is 37.8 Å². The maximum Gasteiger partial charge on any atom is 0.365 e. The summed E-state index contributed by atoms with van der Waals surface area (Å²) in [4.78, 5) is 27.7. The summed E-state index contributed by atoms with van der Waals surface area (Å²) in [7, 11) is 0. The minimum atomic E-state index is -0.657. The van der Waals surface area contributed by atoms with Crippen LogP contribution in [0.3, 0.4) is 0 Å². The number of ether oxygens (including phenoxy) is 1. The van der Waals surface area contributed by atoms with Crippen LogP contribution in [0.25, 0.3) is 0 Å². The molecular formula is C23H26IN2O3+. The van der Waals surface area contributed by atoms with E-state index in [0.29, 0.717) is 10.2 Å². The Balaban J connectivity index is 1.54. The molecule has 0 aliphatic carbocycles. The van der Waals surface area contributed by atoms with Gasteiger partial charge in [0.1, 0.15) is 12.4 Å². The van der Waals surface area contributed by atoms with Gasteiger partial charge in [0.05, 0.1) is 6.20 Å². The van der Waals surface area contributed by atoms with Gasteiger partial charge in [0.2, 0.25) is 0 Å². The number of hydrogen-bond donors (Lipinski definition) is 2. The van der Waals surface area contributed by atoms with E-state index in [4.69, 9.17) is 4.74 Å². The molecule has 0 atom stereocenters. The molecule has 1 aromatic heterocycles. The molecule has 0 spiro atoms. The number of aromatic nitrogens is 2. The van der Waals surface area contributed by atoms with Gasteiger partial charge in [-0.1, -0.05) is 51.0 Å². The summed E-state index contributed by atoms with van der Waals surface area (Å²) >= 11 is -0.657. The Hall–Kier alpha value is -2.35. The Morgan fingerprint density at radius 2 is 1.59 bits per heavy atom. The number of halogens is 1. The first kappa shape index (κ1) is 21.4. The van der Waals surface area contributed by atoms with E-state index in [2.05, 4.69) is 48.1 Å². The second-order valence-electron chi connectivity index (χ2n) is 6.96. The maximum atomic E-state index is 11.8. The van der Waals surface area contributed by atoms with Crippen molar-refractivity contribution in [3.63, 3.8) is 0 Å². The number of benzene rings is 2. The molecule has 2 N–H and O–H groups in total. The zero-order valence-electron chi connectivity index (χ0n) is 16.7. The van der Waals surface area contributed by atoms with Gasteiger partial charge in [-0.15, -0.1) is 0 Å². The molecule has 0 amide bonds. The molecule has 2 aromatic carbocycles. The molecule has 0 unspecified atom stereocenters. The zero-order valence-corrected chi connectivity index (χ0v) is 18.9. The first-order valence-electron chi connectivity index (χ1n) is 9.85. The van der Waals surface area contributed by atoms with Crippen molar-refractivity contribution >= 4 is 0 Å². The van der Waals surface area contributed by atoms with Crippen molar-refractivity contribution in [2.24, 2.45) is 5.92 Å². The van der Waals surface area contributed by atoms with Crippen LogP contribution in [0.15, 0.2) is 64.3 Å². The Morgan fingerprint density at radius 3 is 2.21 bits per heavy atom. The Bertz CT molecular complexity index is 1020. The van der Waals surface area contributed by atoms with E-state index in [1.807, 2.05) is 24.3 Å². The molecule has 5 nitrogen and oxygen atoms in total. The van der Waals surface area contributed by atoms with Crippen molar-refractivity contribution in [2.75, 3.05) is 0 Å². The van der Waals surface area contributed by atoms with Crippen molar-refractivity contribution in [1.29, 1.82) is 0 Å². The van der Waals surface area contributed by atoms with Gasteiger partial charge >= 0.3 is 32.5 Å². The average Bonchev–Trinajstić information content (AvgIpc) is 2.74. The fourth-order valence-corrected chi connectivity index (χ4v) is 5.11. The molecular weight excluding hydrogens is 479 g/mol. The smallest absolute Gasteiger partial charge is 0.365 e. The van der Waals surface area contributed by atoms with Crippen LogP contribution in [0, 0.1) is 13.1 Å². The van der Waals surface area contributed by atoms with Gasteiger partial charge in [0.25, 0.3) is 3.57 Å². The molecule has 0 aliphatic rings. The SMILES string of the molecule is CCC(CC)Cc1ccc(COc2ccc([I+]c3c[nH]c(=O)[nH]c3=O)cc2)cc1. The summed E-state index contributed by atoms with van der Waals surface area (Å²) in [5, 5.41) is 0. The van der Waals surface area contributed by atoms with Crippen LogP contribution >= 0.6 is 0 Å². The normalized spacial score (nSPS) is 11.0. The number of H-pyrrole nitrogens is 2. The van der Waals surface area contributed by atoms with Crippen LogP contribution in [0.2, 0.25) is 0 Å². The van der Waals surface area contributed by atoms with E-state index < -0.39 is 26.9 Å². The highest BCUT2D eigenvalue weighted by Gasteiger charge is 2.20. The van der Waals surface area contributed by atoms with E-state index in [-0.39, 0.29) is 5.56 Å². The Morgan fingerprint density at radius 1 is 0.931 bits per heavy atom. The molecule has 152 valence electrons. The highest BCUT2D eigenvalue weighted by atomic mass is 127. The summed E-state index contributed by atoms with van der Waals surface area (Å²) in [5.74, 6) is 1.55. The third kappa shape index (κ3) is 6.32. The molecule has 0 saturated heterocycles. The molecule has 6 heteroatoms. The van der Waals surface area contributed by atoms with E-state index in [1.165, 1.54) is 24.6 Å². The van der Waals surface area contributed by atoms with Gasteiger partial charge in [-0.3, -0.25) is 9.78 Å². The second-order valence-corrected chi connectivity index (χ2v) is 9.91. The third-order valence-electron chi connectivity index (χ3n) is 4.91. The Kier molecular flexibility index (Phi) is 7.69. The van der Waals surface area contributed by atoms with Crippen LogP contribution in [0.4, 0.5) is 0 Å². The molecule has 0 aliphatic heterocycles. The zero-order chi connectivity index (χ0) is 20.6. The molecule has 0 radical (unpaired) electrons. The summed E-state index contributed by atoms with van der Waals surface area (Å²) in [6.45, 7) is 5.03. The predicted molar refractivity (Wildman–Crippen MR) is 110 cm³/mol. The minimum absolute atomic E-state index is 0.311. The van der Waals surface area contributed by atoms with Crippen molar-refractivity contribution in [3.05, 3.63) is 93.8 Å². The van der Waals surface area contributed by atoms with Crippen LogP contribution < -0.4 is 37.2 Å². The molecule has 0 saturated carbocycles. The molecule has 1 heterocycles. The molecule has 0 fully saturated rings. The maximum absolute atomic E-state index is 11.8. The largest absolute Gasteiger partial charge is 0.489 e. The van der Waals surface area contributed by atoms with Crippen LogP contribution in [0.5, 0.6) is 5.75 Å². The van der Waals surface area contributed by atoms with Gasteiger partial charge in [-0.25, -0.2) is 4.79 Å². The number of hydrogen-bond acceptors (Lipinski definition) is 3. The van der Waals surface area contributed by atoms with Crippen molar-refractivity contribution in [3.8, 4) is 5.75 Å². The lowest BCUT2D eigenvalue weighted by atomic mass is 9.94. The molecule has 3 aromatic rings. The first-order valence-corrected chi connectivity index (χ1v) is 12.0. The first-order chi connectivity index (χ1) is 14.1. The fraction of sp³-hybridized carbons (Fsp3) is 0.304. The lowest BCUT2D eigenvalue weighted by Crippen LogP contribution is -3.62. The topological polar surface area (TPSA) is 75.0 Å². The Labute approximate surface area is 180 Å². The van der Waals surface area contributed by atoms with Gasteiger partial charge in [-0.05, 0) is 47.7 Å². The summed E-state index contributed by atoms with van der Waals surface area (Å²) in [5.41, 5.74) is 1.74. The standard InChI is InChI=1S/C23H25IN2O3/c1-3-16(4-2)13-17-5-7-18(8-6-17)15-29-20-11-9-19(10-12-20)24-21-14-25-23(28)26-22(21)27/h5-12,14,16H,3-4,13,15H2,1-2H3,(H-,25,26,27,28)/p+1. The van der Waals surface area contributed by atoms with Gasteiger partial charge in [0, 0.05) is 0 Å². The van der Waals surface area contributed by atoms with E-state index in [9.17, 15) is 9.59 Å². The predicted octanol–water partition coefficient (Wildman–Crippen LogP) is 0.749. The molecule has 0 bridgehead atoms. The third-order valence-corrected chi connectivity index (χ3v) is 7.63.